The van der Waals surface area contributed by atoms with Gasteiger partial charge in [0.2, 0.25) is 5.09 Å². The normalized spacial score (nSPS) is 11.6. The summed E-state index contributed by atoms with van der Waals surface area (Å²) in [5.74, 6) is 0.0504. The summed E-state index contributed by atoms with van der Waals surface area (Å²) in [6.07, 6.45) is 0.316. The van der Waals surface area contributed by atoms with E-state index in [-0.39, 0.29) is 12.4 Å². The molecule has 0 aliphatic rings. The Morgan fingerprint density at radius 1 is 1.65 bits per heavy atom. The van der Waals surface area contributed by atoms with E-state index in [1.165, 1.54) is 6.07 Å². The topological polar surface area (TPSA) is 118 Å². The second-order valence-electron chi connectivity index (χ2n) is 2.72. The SMILES string of the molecule is CCOC(=O)N/N=C\c1ccc(S(=O)(=O)O)o1. The summed E-state index contributed by atoms with van der Waals surface area (Å²) in [5, 5.41) is 2.83. The summed E-state index contributed by atoms with van der Waals surface area (Å²) < 4.78 is 39.1. The number of nitrogens with zero attached hydrogens (tertiary/aromatic N) is 1. The van der Waals surface area contributed by atoms with Crippen molar-refractivity contribution in [1.29, 1.82) is 0 Å². The molecule has 0 spiro atoms. The average molecular weight is 262 g/mol. The predicted molar refractivity (Wildman–Crippen MR) is 56.3 cm³/mol. The smallest absolute Gasteiger partial charge is 0.427 e. The molecule has 1 rings (SSSR count). The molecule has 0 saturated heterocycles. The van der Waals surface area contributed by atoms with Gasteiger partial charge in [0, 0.05) is 0 Å². The Kier molecular flexibility index (Phi) is 4.24. The minimum Gasteiger partial charge on any atom is -0.449 e. The van der Waals surface area contributed by atoms with Gasteiger partial charge in [-0.1, -0.05) is 0 Å². The fraction of sp³-hybridized carbons (Fsp3) is 0.250. The molecule has 0 aromatic carbocycles. The van der Waals surface area contributed by atoms with E-state index in [2.05, 4.69) is 9.84 Å². The standard InChI is InChI=1S/C8H10N2O6S/c1-2-15-8(11)10-9-5-6-3-4-7(16-6)17(12,13)14/h3-5H,2H2,1H3,(H,10,11)(H,12,13,14)/b9-5-. The lowest BCUT2D eigenvalue weighted by atomic mass is 10.5. The summed E-state index contributed by atoms with van der Waals surface area (Å²) in [7, 11) is -4.37. The largest absolute Gasteiger partial charge is 0.449 e. The number of hydrazone groups is 1. The molecule has 0 bridgehead atoms. The van der Waals surface area contributed by atoms with E-state index in [4.69, 9.17) is 8.97 Å². The van der Waals surface area contributed by atoms with E-state index in [9.17, 15) is 13.2 Å². The molecule has 1 amide bonds. The Bertz CT molecular complexity index is 518. The Morgan fingerprint density at radius 2 is 2.35 bits per heavy atom. The van der Waals surface area contributed by atoms with Crippen LogP contribution < -0.4 is 5.43 Å². The highest BCUT2D eigenvalue weighted by molar-refractivity contribution is 7.85. The molecular weight excluding hydrogens is 252 g/mol. The summed E-state index contributed by atoms with van der Waals surface area (Å²) in [5.41, 5.74) is 2.02. The number of ether oxygens (including phenoxy) is 1. The van der Waals surface area contributed by atoms with Crippen LogP contribution in [0.2, 0.25) is 0 Å². The van der Waals surface area contributed by atoms with Crippen LogP contribution >= 0.6 is 0 Å². The zero-order valence-corrected chi connectivity index (χ0v) is 9.60. The van der Waals surface area contributed by atoms with Crippen molar-refractivity contribution in [2.45, 2.75) is 12.0 Å². The van der Waals surface area contributed by atoms with E-state index in [1.807, 2.05) is 5.43 Å². The van der Waals surface area contributed by atoms with Crippen molar-refractivity contribution in [2.75, 3.05) is 6.61 Å². The molecule has 0 fully saturated rings. The van der Waals surface area contributed by atoms with Gasteiger partial charge in [0.1, 0.15) is 5.76 Å². The highest BCUT2D eigenvalue weighted by atomic mass is 32.2. The van der Waals surface area contributed by atoms with E-state index in [1.54, 1.807) is 6.92 Å². The van der Waals surface area contributed by atoms with Gasteiger partial charge in [0.25, 0.3) is 0 Å². The second-order valence-corrected chi connectivity index (χ2v) is 4.07. The van der Waals surface area contributed by atoms with Crippen molar-refractivity contribution in [3.05, 3.63) is 17.9 Å². The van der Waals surface area contributed by atoms with E-state index < -0.39 is 21.3 Å². The molecule has 0 unspecified atom stereocenters. The molecule has 94 valence electrons. The minimum atomic E-state index is -4.37. The maximum atomic E-state index is 10.8. The van der Waals surface area contributed by atoms with E-state index in [0.717, 1.165) is 12.3 Å². The molecule has 9 heteroatoms. The van der Waals surface area contributed by atoms with Crippen molar-refractivity contribution in [2.24, 2.45) is 5.10 Å². The first-order valence-electron chi connectivity index (χ1n) is 4.46. The maximum Gasteiger partial charge on any atom is 0.427 e. The van der Waals surface area contributed by atoms with Crippen LogP contribution in [0.25, 0.3) is 0 Å². The summed E-state index contributed by atoms with van der Waals surface area (Å²) >= 11 is 0. The molecule has 8 nitrogen and oxygen atoms in total. The lowest BCUT2D eigenvalue weighted by Gasteiger charge is -1.97. The van der Waals surface area contributed by atoms with Crippen LogP contribution in [0.3, 0.4) is 0 Å². The van der Waals surface area contributed by atoms with E-state index >= 15 is 0 Å². The third kappa shape index (κ3) is 4.25. The number of carbonyl (C=O) groups is 1. The van der Waals surface area contributed by atoms with Crippen LogP contribution in [0.5, 0.6) is 0 Å². The molecule has 1 aromatic rings. The second kappa shape index (κ2) is 5.46. The predicted octanol–water partition coefficient (Wildman–Crippen LogP) is 0.606. The van der Waals surface area contributed by atoms with Gasteiger partial charge in [0.15, 0.2) is 0 Å². The number of carbonyl (C=O) groups excluding carboxylic acids is 1. The molecule has 0 radical (unpaired) electrons. The first-order valence-corrected chi connectivity index (χ1v) is 5.90. The number of hydrogen-bond donors (Lipinski definition) is 2. The first-order chi connectivity index (χ1) is 7.93. The fourth-order valence-electron chi connectivity index (χ4n) is 0.854. The number of furan rings is 1. The van der Waals surface area contributed by atoms with Gasteiger partial charge in [-0.2, -0.15) is 13.5 Å². The average Bonchev–Trinajstić information content (AvgIpc) is 2.66. The first kappa shape index (κ1) is 13.2. The molecule has 0 saturated carbocycles. The molecule has 17 heavy (non-hydrogen) atoms. The molecule has 1 aromatic heterocycles. The van der Waals surface area contributed by atoms with Gasteiger partial charge in [-0.25, -0.2) is 10.2 Å². The Labute approximate surface area is 97.0 Å². The van der Waals surface area contributed by atoms with Crippen LogP contribution in [0.15, 0.2) is 26.7 Å². The molecular formula is C8H10N2O6S. The van der Waals surface area contributed by atoms with Gasteiger partial charge in [-0.15, -0.1) is 0 Å². The number of hydrogen-bond acceptors (Lipinski definition) is 6. The van der Waals surface area contributed by atoms with Gasteiger partial charge in [0.05, 0.1) is 12.8 Å². The van der Waals surface area contributed by atoms with Crippen LogP contribution in [0.4, 0.5) is 4.79 Å². The zero-order chi connectivity index (χ0) is 12.9. The van der Waals surface area contributed by atoms with E-state index in [0.29, 0.717) is 0 Å². The lowest BCUT2D eigenvalue weighted by Crippen LogP contribution is -2.18. The van der Waals surface area contributed by atoms with Crippen molar-refractivity contribution in [1.82, 2.24) is 5.43 Å². The van der Waals surface area contributed by atoms with Gasteiger partial charge in [-0.3, -0.25) is 4.55 Å². The van der Waals surface area contributed by atoms with Crippen molar-refractivity contribution in [3.63, 3.8) is 0 Å². The molecule has 2 N–H and O–H groups in total. The Morgan fingerprint density at radius 3 is 2.88 bits per heavy atom. The number of amides is 1. The number of nitrogens with one attached hydrogen (secondary N) is 1. The van der Waals surface area contributed by atoms with Gasteiger partial charge < -0.3 is 9.15 Å². The molecule has 1 heterocycles. The third-order valence-electron chi connectivity index (χ3n) is 1.48. The van der Waals surface area contributed by atoms with Gasteiger partial charge in [-0.05, 0) is 19.1 Å². The summed E-state index contributed by atoms with van der Waals surface area (Å²) in [4.78, 5) is 10.8. The van der Waals surface area contributed by atoms with Crippen LogP contribution in [-0.4, -0.2) is 31.9 Å². The lowest BCUT2D eigenvalue weighted by molar-refractivity contribution is 0.152. The highest BCUT2D eigenvalue weighted by Gasteiger charge is 2.13. The zero-order valence-electron chi connectivity index (χ0n) is 8.78. The van der Waals surface area contributed by atoms with Crippen LogP contribution in [0.1, 0.15) is 12.7 Å². The summed E-state index contributed by atoms with van der Waals surface area (Å²) in [6.45, 7) is 1.84. The van der Waals surface area contributed by atoms with Crippen molar-refractivity contribution in [3.8, 4) is 0 Å². The molecule has 0 aliphatic carbocycles. The number of rotatable bonds is 4. The van der Waals surface area contributed by atoms with Gasteiger partial charge >= 0.3 is 16.2 Å². The van der Waals surface area contributed by atoms with Crippen molar-refractivity contribution >= 4 is 22.4 Å². The molecule has 0 aliphatic heterocycles. The highest BCUT2D eigenvalue weighted by Crippen LogP contribution is 2.11. The van der Waals surface area contributed by atoms with Crippen molar-refractivity contribution < 1.29 is 26.9 Å². The Balaban J connectivity index is 2.61. The third-order valence-corrected chi connectivity index (χ3v) is 2.21. The molecule has 0 atom stereocenters. The van der Waals surface area contributed by atoms with Crippen LogP contribution in [-0.2, 0) is 14.9 Å². The maximum absolute atomic E-state index is 10.8. The fourth-order valence-corrected chi connectivity index (χ4v) is 1.30. The van der Waals surface area contributed by atoms with Crippen LogP contribution in [0, 0.1) is 0 Å². The Hall–Kier alpha value is -1.87. The monoisotopic (exact) mass is 262 g/mol. The minimum absolute atomic E-state index is 0.0504. The summed E-state index contributed by atoms with van der Waals surface area (Å²) in [6, 6.07) is 2.32. The quantitative estimate of drug-likeness (QED) is 0.466.